The Morgan fingerprint density at radius 1 is 1.11 bits per heavy atom. The maximum absolute atomic E-state index is 11.6. The molecule has 0 atom stereocenters. The summed E-state index contributed by atoms with van der Waals surface area (Å²) in [4.78, 5) is 11.6. The van der Waals surface area contributed by atoms with Gasteiger partial charge in [-0.15, -0.1) is 0 Å². The third-order valence-corrected chi connectivity index (χ3v) is 15.8. The van der Waals surface area contributed by atoms with Crippen LogP contribution in [0.25, 0.3) is 0 Å². The molecule has 4 heteroatoms. The molecule has 2 aromatic rings. The summed E-state index contributed by atoms with van der Waals surface area (Å²) < 4.78 is 2.46. The second-order valence-electron chi connectivity index (χ2n) is 3.83. The summed E-state index contributed by atoms with van der Waals surface area (Å²) in [6.07, 6.45) is 0. The topological polar surface area (TPSA) is 17.1 Å². The van der Waals surface area contributed by atoms with E-state index in [0.717, 1.165) is 10.6 Å². The van der Waals surface area contributed by atoms with Gasteiger partial charge in [-0.3, -0.25) is 0 Å². The molecular formula is C14H11BiBrClO. The molecule has 0 N–H and O–H groups in total. The molecule has 0 aliphatic heterocycles. The van der Waals surface area contributed by atoms with Crippen LogP contribution in [0.2, 0.25) is 5.02 Å². The van der Waals surface area contributed by atoms with Crippen LogP contribution in [0.15, 0.2) is 48.5 Å². The number of carbonyl (C=O) groups excluding carboxylic acids is 1. The molecule has 0 aliphatic rings. The van der Waals surface area contributed by atoms with E-state index in [9.17, 15) is 4.79 Å². The molecule has 0 aliphatic carbocycles. The fraction of sp³-hybridized carbons (Fsp3) is 0.0714. The molecule has 1 nitrogen and oxygen atoms in total. The fourth-order valence-electron chi connectivity index (χ4n) is 1.65. The van der Waals surface area contributed by atoms with Crippen molar-refractivity contribution < 1.29 is 4.79 Å². The molecule has 0 unspecified atom stereocenters. The van der Waals surface area contributed by atoms with Crippen LogP contribution in [0, 0.1) is 0 Å². The zero-order valence-corrected chi connectivity index (χ0v) is 15.5. The van der Waals surface area contributed by atoms with Crippen LogP contribution in [-0.4, -0.2) is 25.2 Å². The quantitative estimate of drug-likeness (QED) is 0.450. The number of halogens is 2. The van der Waals surface area contributed by atoms with Crippen molar-refractivity contribution in [1.82, 2.24) is 0 Å². The van der Waals surface area contributed by atoms with Gasteiger partial charge in [0.25, 0.3) is 0 Å². The summed E-state index contributed by atoms with van der Waals surface area (Å²) in [7, 11) is 0. The van der Waals surface area contributed by atoms with Gasteiger partial charge in [0.05, 0.1) is 0 Å². The van der Waals surface area contributed by atoms with Gasteiger partial charge >= 0.3 is 126 Å². The molecule has 0 fully saturated rings. The van der Waals surface area contributed by atoms with Crippen LogP contribution >= 0.6 is 23.8 Å². The van der Waals surface area contributed by atoms with Crippen molar-refractivity contribution in [1.29, 1.82) is 0 Å². The predicted molar refractivity (Wildman–Crippen MR) is 81.8 cm³/mol. The Labute approximate surface area is 125 Å². The molecule has 18 heavy (non-hydrogen) atoms. The molecule has 0 amide bonds. The Morgan fingerprint density at radius 3 is 2.33 bits per heavy atom. The van der Waals surface area contributed by atoms with Gasteiger partial charge in [0.2, 0.25) is 0 Å². The Hall–Kier alpha value is -0.237. The van der Waals surface area contributed by atoms with Crippen LogP contribution in [0.1, 0.15) is 17.3 Å². The molecule has 92 valence electrons. The number of carbonyl (C=O) groups is 1. The molecule has 0 heterocycles. The second-order valence-corrected chi connectivity index (χ2v) is 16.6. The van der Waals surface area contributed by atoms with E-state index in [-0.39, 0.29) is 5.78 Å². The minimum absolute atomic E-state index is 0.124. The van der Waals surface area contributed by atoms with E-state index in [1.54, 1.807) is 6.92 Å². The molecule has 0 aromatic heterocycles. The van der Waals surface area contributed by atoms with E-state index in [1.165, 1.54) is 6.54 Å². The standard InChI is InChI=1S/C8H7O.C6H4Cl.Bi.BrH/c1-7(9)8-5-3-2-4-6-8;7-6-4-2-1-3-5-6;;/h2-5H,1H3;2-5H;;1H/q;;+1;/p-1. The average Bonchev–Trinajstić information content (AvgIpc) is 2.39. The first-order valence-corrected chi connectivity index (χ1v) is 16.8. The number of ketones is 1. The maximum atomic E-state index is 11.6. The van der Waals surface area contributed by atoms with E-state index in [2.05, 4.69) is 18.3 Å². The molecule has 2 aromatic carbocycles. The Kier molecular flexibility index (Phi) is 4.94. The van der Waals surface area contributed by atoms with Crippen molar-refractivity contribution in [2.75, 3.05) is 0 Å². The number of Topliss-reactive ketones (excluding diaryl/α,β-unsaturated/α-hetero) is 1. The zero-order valence-electron chi connectivity index (χ0n) is 9.73. The number of rotatable bonds is 3. The number of hydrogen-bond acceptors (Lipinski definition) is 1. The summed E-state index contributed by atoms with van der Waals surface area (Å²) in [5.74, 6) is 0.124. The molecule has 0 saturated carbocycles. The van der Waals surface area contributed by atoms with Crippen molar-refractivity contribution in [3.05, 3.63) is 59.1 Å². The Bertz CT molecular complexity index is 568. The zero-order chi connectivity index (χ0) is 13.1. The van der Waals surface area contributed by atoms with Crippen LogP contribution in [-0.2, 0) is 0 Å². The molecule has 0 spiro atoms. The fourth-order valence-corrected chi connectivity index (χ4v) is 11.8. The van der Waals surface area contributed by atoms with Crippen LogP contribution < -0.4 is 6.54 Å². The van der Waals surface area contributed by atoms with E-state index in [1.807, 2.05) is 42.5 Å². The third kappa shape index (κ3) is 3.20. The van der Waals surface area contributed by atoms with Crippen molar-refractivity contribution in [2.45, 2.75) is 6.92 Å². The molecule has 0 radical (unpaired) electrons. The summed E-state index contributed by atoms with van der Waals surface area (Å²) in [5.41, 5.74) is 0.835. The first-order chi connectivity index (χ1) is 8.59. The second kappa shape index (κ2) is 6.28. The van der Waals surface area contributed by atoms with E-state index < -0.39 is 19.4 Å². The number of hydrogen-bond donors (Lipinski definition) is 0. The average molecular weight is 520 g/mol. The van der Waals surface area contributed by atoms with Gasteiger partial charge in [-0.05, 0) is 0 Å². The molecule has 0 bridgehead atoms. The van der Waals surface area contributed by atoms with Crippen LogP contribution in [0.4, 0.5) is 0 Å². The van der Waals surface area contributed by atoms with Crippen molar-refractivity contribution in [3.63, 3.8) is 0 Å². The molecule has 2 rings (SSSR count). The summed E-state index contributed by atoms with van der Waals surface area (Å²) in [6.45, 7) is 1.62. The predicted octanol–water partition coefficient (Wildman–Crippen LogP) is 3.04. The number of benzene rings is 2. The first-order valence-electron chi connectivity index (χ1n) is 5.41. The van der Waals surface area contributed by atoms with Gasteiger partial charge in [0.15, 0.2) is 0 Å². The van der Waals surface area contributed by atoms with Gasteiger partial charge in [-0.2, -0.15) is 0 Å². The monoisotopic (exact) mass is 518 g/mol. The van der Waals surface area contributed by atoms with Crippen LogP contribution in [0.5, 0.6) is 0 Å². The van der Waals surface area contributed by atoms with Gasteiger partial charge in [-0.1, -0.05) is 0 Å². The van der Waals surface area contributed by atoms with Gasteiger partial charge < -0.3 is 0 Å². The minimum atomic E-state index is -2.20. The first kappa shape index (κ1) is 14.2. The Balaban J connectivity index is 2.42. The third-order valence-electron chi connectivity index (χ3n) is 2.55. The molecular weight excluding hydrogens is 508 g/mol. The van der Waals surface area contributed by atoms with Crippen molar-refractivity contribution >= 4 is 55.5 Å². The van der Waals surface area contributed by atoms with Gasteiger partial charge in [0.1, 0.15) is 0 Å². The van der Waals surface area contributed by atoms with Crippen molar-refractivity contribution in [2.24, 2.45) is 0 Å². The molecule has 0 saturated heterocycles. The normalized spacial score (nSPS) is 10.7. The van der Waals surface area contributed by atoms with Gasteiger partial charge in [-0.25, -0.2) is 0 Å². The SMILES string of the molecule is CC(=O)c1cccc[c]1[Bi]([Br])[c]1ccc(Cl)cc1. The Morgan fingerprint density at radius 2 is 1.72 bits per heavy atom. The van der Waals surface area contributed by atoms with Gasteiger partial charge in [0, 0.05) is 0 Å². The van der Waals surface area contributed by atoms with Crippen LogP contribution in [0.3, 0.4) is 0 Å². The summed E-state index contributed by atoms with van der Waals surface area (Å²) in [6, 6.07) is 15.7. The summed E-state index contributed by atoms with van der Waals surface area (Å²) in [5, 5.41) is 0.739. The van der Waals surface area contributed by atoms with E-state index in [0.29, 0.717) is 0 Å². The van der Waals surface area contributed by atoms with E-state index in [4.69, 9.17) is 11.6 Å². The van der Waals surface area contributed by atoms with E-state index >= 15 is 0 Å². The summed E-state index contributed by atoms with van der Waals surface area (Å²) >= 11 is 7.54. The van der Waals surface area contributed by atoms with Crippen molar-refractivity contribution in [3.8, 4) is 0 Å².